The lowest BCUT2D eigenvalue weighted by molar-refractivity contribution is -0.145. The van der Waals surface area contributed by atoms with Gasteiger partial charge in [-0.25, -0.2) is 9.59 Å². The summed E-state index contributed by atoms with van der Waals surface area (Å²) in [6.07, 6.45) is 1.66. The molecule has 1 aliphatic heterocycles. The first-order chi connectivity index (χ1) is 10.0. The number of carboxylic acids is 1. The topological polar surface area (TPSA) is 79.3 Å². The van der Waals surface area contributed by atoms with Crippen LogP contribution in [0.4, 0.5) is 4.79 Å². The molecule has 0 spiro atoms. The Morgan fingerprint density at radius 3 is 2.29 bits per heavy atom. The minimum atomic E-state index is -0.936. The number of rotatable bonds is 7. The highest BCUT2D eigenvalue weighted by Crippen LogP contribution is 2.24. The number of carbonyl (C=O) groups is 2. The average molecular weight is 302 g/mol. The van der Waals surface area contributed by atoms with Crippen LogP contribution in [0.5, 0.6) is 0 Å². The van der Waals surface area contributed by atoms with Gasteiger partial charge < -0.3 is 24.4 Å². The van der Waals surface area contributed by atoms with Crippen LogP contribution in [-0.2, 0) is 14.3 Å². The van der Waals surface area contributed by atoms with Gasteiger partial charge >= 0.3 is 12.0 Å². The van der Waals surface area contributed by atoms with Gasteiger partial charge in [-0.1, -0.05) is 6.92 Å². The number of likely N-dealkylation sites (tertiary alicyclic amines) is 1. The van der Waals surface area contributed by atoms with Crippen LogP contribution in [0.25, 0.3) is 0 Å². The predicted molar refractivity (Wildman–Crippen MR) is 77.2 cm³/mol. The van der Waals surface area contributed by atoms with Crippen LogP contribution in [0, 0.1) is 5.92 Å². The Balaban J connectivity index is 2.80. The molecule has 0 aromatic rings. The lowest BCUT2D eigenvalue weighted by Gasteiger charge is -2.40. The number of nitrogens with zero attached hydrogens (tertiary/aromatic N) is 2. The fourth-order valence-electron chi connectivity index (χ4n) is 2.67. The quantitative estimate of drug-likeness (QED) is 0.755. The van der Waals surface area contributed by atoms with Gasteiger partial charge in [0.1, 0.15) is 6.04 Å². The van der Waals surface area contributed by atoms with Gasteiger partial charge in [0.05, 0.1) is 13.2 Å². The van der Waals surface area contributed by atoms with Crippen molar-refractivity contribution in [3.63, 3.8) is 0 Å². The van der Waals surface area contributed by atoms with Crippen LogP contribution in [0.2, 0.25) is 0 Å². The third-order valence-electron chi connectivity index (χ3n) is 3.83. The second-order valence-electron chi connectivity index (χ2n) is 5.35. The van der Waals surface area contributed by atoms with Crippen LogP contribution < -0.4 is 0 Å². The second-order valence-corrected chi connectivity index (χ2v) is 5.35. The summed E-state index contributed by atoms with van der Waals surface area (Å²) in [6.45, 7) is 4.04. The van der Waals surface area contributed by atoms with Gasteiger partial charge in [0.15, 0.2) is 0 Å². The summed E-state index contributed by atoms with van der Waals surface area (Å²) < 4.78 is 10.0. The molecule has 1 fully saturated rings. The fraction of sp³-hybridized carbons (Fsp3) is 0.857. The smallest absolute Gasteiger partial charge is 0.326 e. The monoisotopic (exact) mass is 302 g/mol. The van der Waals surface area contributed by atoms with E-state index in [9.17, 15) is 14.7 Å². The molecule has 0 aromatic heterocycles. The number of carbonyl (C=O) groups excluding carboxylic acids is 1. The van der Waals surface area contributed by atoms with E-state index < -0.39 is 12.0 Å². The van der Waals surface area contributed by atoms with Gasteiger partial charge in [0, 0.05) is 33.9 Å². The van der Waals surface area contributed by atoms with Gasteiger partial charge in [0.2, 0.25) is 0 Å². The van der Waals surface area contributed by atoms with Crippen LogP contribution >= 0.6 is 0 Å². The molecular formula is C14H26N2O5. The zero-order valence-electron chi connectivity index (χ0n) is 13.1. The van der Waals surface area contributed by atoms with Crippen molar-refractivity contribution >= 4 is 12.0 Å². The first kappa shape index (κ1) is 17.7. The summed E-state index contributed by atoms with van der Waals surface area (Å²) in [5.41, 5.74) is 0. The average Bonchev–Trinajstić information content (AvgIpc) is 2.46. The summed E-state index contributed by atoms with van der Waals surface area (Å²) in [4.78, 5) is 27.2. The van der Waals surface area contributed by atoms with E-state index in [1.54, 1.807) is 19.1 Å². The predicted octanol–water partition coefficient (Wildman–Crippen LogP) is 0.886. The molecule has 7 heteroatoms. The summed E-state index contributed by atoms with van der Waals surface area (Å²) in [5, 5.41) is 9.40. The van der Waals surface area contributed by atoms with Crippen LogP contribution in [0.3, 0.4) is 0 Å². The Hall–Kier alpha value is -1.34. The van der Waals surface area contributed by atoms with E-state index in [4.69, 9.17) is 9.47 Å². The molecule has 122 valence electrons. The summed E-state index contributed by atoms with van der Waals surface area (Å²) in [5.74, 6) is -0.971. The fourth-order valence-corrected chi connectivity index (χ4v) is 2.67. The van der Waals surface area contributed by atoms with Gasteiger partial charge in [0.25, 0.3) is 0 Å². The van der Waals surface area contributed by atoms with Crippen molar-refractivity contribution in [3.05, 3.63) is 0 Å². The van der Waals surface area contributed by atoms with Crippen LogP contribution in [0.15, 0.2) is 0 Å². The van der Waals surface area contributed by atoms with Crippen molar-refractivity contribution < 1.29 is 24.2 Å². The second kappa shape index (κ2) is 8.84. The van der Waals surface area contributed by atoms with Crippen molar-refractivity contribution in [2.24, 2.45) is 5.92 Å². The molecular weight excluding hydrogens is 276 g/mol. The molecule has 1 heterocycles. The summed E-state index contributed by atoms with van der Waals surface area (Å²) >= 11 is 0. The third kappa shape index (κ3) is 4.86. The maximum absolute atomic E-state index is 12.6. The Morgan fingerprint density at radius 2 is 1.81 bits per heavy atom. The van der Waals surface area contributed by atoms with Crippen molar-refractivity contribution in [2.45, 2.75) is 25.8 Å². The van der Waals surface area contributed by atoms with E-state index in [0.29, 0.717) is 32.8 Å². The number of methoxy groups -OCH3 is 2. The molecule has 2 atom stereocenters. The molecule has 1 saturated heterocycles. The number of ether oxygens (including phenoxy) is 2. The highest BCUT2D eigenvalue weighted by atomic mass is 16.5. The molecule has 0 aromatic carbocycles. The van der Waals surface area contributed by atoms with Crippen LogP contribution in [-0.4, -0.2) is 80.0 Å². The van der Waals surface area contributed by atoms with Crippen LogP contribution in [0.1, 0.15) is 19.8 Å². The van der Waals surface area contributed by atoms with Crippen molar-refractivity contribution in [1.29, 1.82) is 0 Å². The zero-order chi connectivity index (χ0) is 15.8. The normalized spacial score (nSPS) is 22.1. The van der Waals surface area contributed by atoms with Gasteiger partial charge in [-0.3, -0.25) is 0 Å². The SMILES string of the molecule is COCCN(CCOC)C(=O)N1CCCC(C)C1C(=O)O. The number of carboxylic acid groups (broad SMARTS) is 1. The lowest BCUT2D eigenvalue weighted by atomic mass is 9.91. The minimum absolute atomic E-state index is 0.0353. The maximum Gasteiger partial charge on any atom is 0.326 e. The van der Waals surface area contributed by atoms with Gasteiger partial charge in [-0.2, -0.15) is 0 Å². The number of piperidine rings is 1. The molecule has 1 rings (SSSR count). The minimum Gasteiger partial charge on any atom is -0.480 e. The summed E-state index contributed by atoms with van der Waals surface area (Å²) in [7, 11) is 3.14. The van der Waals surface area contributed by atoms with E-state index in [1.807, 2.05) is 6.92 Å². The van der Waals surface area contributed by atoms with Gasteiger partial charge in [-0.15, -0.1) is 0 Å². The van der Waals surface area contributed by atoms with E-state index in [2.05, 4.69) is 0 Å². The highest BCUT2D eigenvalue weighted by Gasteiger charge is 2.38. The zero-order valence-corrected chi connectivity index (χ0v) is 13.1. The first-order valence-electron chi connectivity index (χ1n) is 7.29. The summed E-state index contributed by atoms with van der Waals surface area (Å²) in [6, 6.07) is -0.998. The largest absolute Gasteiger partial charge is 0.480 e. The number of urea groups is 1. The molecule has 2 amide bonds. The molecule has 0 aliphatic carbocycles. The first-order valence-corrected chi connectivity index (χ1v) is 7.29. The maximum atomic E-state index is 12.6. The molecule has 0 bridgehead atoms. The Bertz CT molecular complexity index is 342. The number of amides is 2. The van der Waals surface area contributed by atoms with E-state index in [0.717, 1.165) is 12.8 Å². The van der Waals surface area contributed by atoms with E-state index >= 15 is 0 Å². The van der Waals surface area contributed by atoms with E-state index in [-0.39, 0.29) is 11.9 Å². The molecule has 0 radical (unpaired) electrons. The number of aliphatic carboxylic acids is 1. The van der Waals surface area contributed by atoms with E-state index in [1.165, 1.54) is 4.90 Å². The molecule has 0 saturated carbocycles. The molecule has 1 aliphatic rings. The Kier molecular flexibility index (Phi) is 7.45. The lowest BCUT2D eigenvalue weighted by Crippen LogP contribution is -2.56. The number of hydrogen-bond acceptors (Lipinski definition) is 4. The Labute approximate surface area is 125 Å². The molecule has 2 unspecified atom stereocenters. The van der Waals surface area contributed by atoms with Gasteiger partial charge in [-0.05, 0) is 18.8 Å². The standard InChI is InChI=1S/C14H26N2O5/c1-11-5-4-6-16(12(11)13(17)18)14(19)15(7-9-20-2)8-10-21-3/h11-12H,4-10H2,1-3H3,(H,17,18). The van der Waals surface area contributed by atoms with Crippen molar-refractivity contribution in [1.82, 2.24) is 9.80 Å². The number of hydrogen-bond donors (Lipinski definition) is 1. The highest BCUT2D eigenvalue weighted by molar-refractivity contribution is 5.83. The Morgan fingerprint density at radius 1 is 1.24 bits per heavy atom. The van der Waals surface area contributed by atoms with Crippen molar-refractivity contribution in [2.75, 3.05) is 47.1 Å². The molecule has 21 heavy (non-hydrogen) atoms. The third-order valence-corrected chi connectivity index (χ3v) is 3.83. The molecule has 1 N–H and O–H groups in total. The van der Waals surface area contributed by atoms with Crippen molar-refractivity contribution in [3.8, 4) is 0 Å². The molecule has 7 nitrogen and oxygen atoms in total.